The van der Waals surface area contributed by atoms with Crippen molar-refractivity contribution < 1.29 is 29.1 Å². The van der Waals surface area contributed by atoms with Gasteiger partial charge in [-0.15, -0.1) is 0 Å². The number of hydrogen-bond acceptors (Lipinski definition) is 5. The maximum Gasteiger partial charge on any atom is 0.265 e. The minimum atomic E-state index is -1.37. The normalized spacial score (nSPS) is 13.7. The van der Waals surface area contributed by atoms with Crippen molar-refractivity contribution in [1.82, 2.24) is 0 Å². The molecule has 0 unspecified atom stereocenters. The maximum absolute atomic E-state index is 12.4. The molecule has 1 aromatic rings. The fraction of sp³-hybridized carbons (Fsp3) is 0.438. The molecular formula is C16H20N2O5. The Hall–Kier alpha value is -2.41. The Bertz CT molecular complexity index is 625. The van der Waals surface area contributed by atoms with Gasteiger partial charge in [0, 0.05) is 5.56 Å². The molecule has 0 spiro atoms. The standard InChI is InChI=1S/C16H20N2O5/c1-3-17(4-2)8-13(19)11-5-6-14-12(7-11)18(9-16(21)22)15(20)10-23-14/h5-7H,3-4,8-10H2,1-2H3,(H,21,22). The number of nitrogens with one attached hydrogen (secondary N) is 1. The molecule has 1 aliphatic rings. The lowest BCUT2D eigenvalue weighted by Crippen LogP contribution is -3.12. The number of quaternary nitrogens is 1. The number of fused-ring (bicyclic) bond motifs is 1. The number of ketones is 1. The number of carboxylic acid groups (broad SMARTS) is 1. The van der Waals surface area contributed by atoms with Crippen molar-refractivity contribution in [3.05, 3.63) is 23.8 Å². The number of ether oxygens (including phenoxy) is 1. The number of anilines is 1. The number of likely N-dealkylation sites (N-methyl/N-ethyl adjacent to an activating group) is 1. The van der Waals surface area contributed by atoms with Crippen LogP contribution in [0.2, 0.25) is 0 Å². The molecule has 1 aliphatic heterocycles. The number of nitrogens with zero attached hydrogens (tertiary/aromatic N) is 1. The molecule has 1 amide bonds. The molecule has 1 aromatic carbocycles. The lowest BCUT2D eigenvalue weighted by molar-refractivity contribution is -0.887. The van der Waals surface area contributed by atoms with Crippen LogP contribution in [0.15, 0.2) is 18.2 Å². The van der Waals surface area contributed by atoms with Gasteiger partial charge < -0.3 is 24.4 Å². The van der Waals surface area contributed by atoms with Crippen LogP contribution >= 0.6 is 0 Å². The van der Waals surface area contributed by atoms with E-state index >= 15 is 0 Å². The number of carbonyl (C=O) groups is 3. The molecule has 0 bridgehead atoms. The lowest BCUT2D eigenvalue weighted by Gasteiger charge is -2.30. The van der Waals surface area contributed by atoms with E-state index in [2.05, 4.69) is 0 Å². The van der Waals surface area contributed by atoms with Gasteiger partial charge in [0.15, 0.2) is 6.61 Å². The van der Waals surface area contributed by atoms with Gasteiger partial charge >= 0.3 is 0 Å². The van der Waals surface area contributed by atoms with E-state index in [1.807, 2.05) is 13.8 Å². The highest BCUT2D eigenvalue weighted by Gasteiger charge is 2.27. The van der Waals surface area contributed by atoms with Crippen molar-refractivity contribution in [3.63, 3.8) is 0 Å². The molecule has 0 radical (unpaired) electrons. The molecule has 1 heterocycles. The summed E-state index contributed by atoms with van der Waals surface area (Å²) in [4.78, 5) is 37.3. The summed E-state index contributed by atoms with van der Waals surface area (Å²) >= 11 is 0. The van der Waals surface area contributed by atoms with E-state index in [0.717, 1.165) is 22.9 Å². The Morgan fingerprint density at radius 2 is 2.00 bits per heavy atom. The molecule has 0 aliphatic carbocycles. The summed E-state index contributed by atoms with van der Waals surface area (Å²) in [6.07, 6.45) is 0. The van der Waals surface area contributed by atoms with Crippen molar-refractivity contribution in [1.29, 1.82) is 0 Å². The fourth-order valence-corrected chi connectivity index (χ4v) is 2.51. The van der Waals surface area contributed by atoms with Gasteiger partial charge in [0.05, 0.1) is 31.3 Å². The highest BCUT2D eigenvalue weighted by Crippen LogP contribution is 2.32. The van der Waals surface area contributed by atoms with Gasteiger partial charge in [-0.25, -0.2) is 0 Å². The van der Waals surface area contributed by atoms with Crippen molar-refractivity contribution in [2.24, 2.45) is 0 Å². The molecule has 0 saturated heterocycles. The van der Waals surface area contributed by atoms with E-state index in [-0.39, 0.29) is 12.4 Å². The maximum atomic E-state index is 12.4. The summed E-state index contributed by atoms with van der Waals surface area (Å²) < 4.78 is 5.28. The predicted octanol–water partition coefficient (Wildman–Crippen LogP) is -1.73. The van der Waals surface area contributed by atoms with Crippen LogP contribution in [0.4, 0.5) is 5.69 Å². The molecule has 0 aromatic heterocycles. The zero-order valence-corrected chi connectivity index (χ0v) is 13.3. The number of amides is 1. The van der Waals surface area contributed by atoms with Gasteiger partial charge in [0.25, 0.3) is 5.91 Å². The first-order valence-electron chi connectivity index (χ1n) is 7.60. The van der Waals surface area contributed by atoms with Crippen LogP contribution in [0, 0.1) is 0 Å². The van der Waals surface area contributed by atoms with E-state index in [1.54, 1.807) is 12.1 Å². The molecule has 7 nitrogen and oxygen atoms in total. The minimum absolute atomic E-state index is 0.0575. The number of benzene rings is 1. The van der Waals surface area contributed by atoms with Gasteiger partial charge in [0.1, 0.15) is 12.3 Å². The fourth-order valence-electron chi connectivity index (χ4n) is 2.51. The second-order valence-electron chi connectivity index (χ2n) is 5.38. The number of Topliss-reactive ketones (excluding diaryl/α,β-unsaturated/α-hetero) is 1. The second-order valence-corrected chi connectivity index (χ2v) is 5.38. The third-order valence-corrected chi connectivity index (χ3v) is 3.92. The van der Waals surface area contributed by atoms with Gasteiger partial charge in [-0.05, 0) is 32.0 Å². The van der Waals surface area contributed by atoms with Crippen LogP contribution in [-0.2, 0) is 9.59 Å². The third kappa shape index (κ3) is 3.87. The van der Waals surface area contributed by atoms with E-state index < -0.39 is 18.4 Å². The largest absolute Gasteiger partial charge is 0.548 e. The van der Waals surface area contributed by atoms with Crippen LogP contribution < -0.4 is 19.6 Å². The van der Waals surface area contributed by atoms with E-state index in [0.29, 0.717) is 23.5 Å². The number of aliphatic carboxylic acids is 1. The van der Waals surface area contributed by atoms with E-state index in [1.165, 1.54) is 6.07 Å². The highest BCUT2D eigenvalue weighted by molar-refractivity contribution is 6.03. The van der Waals surface area contributed by atoms with Crippen molar-refractivity contribution in [3.8, 4) is 5.75 Å². The van der Waals surface area contributed by atoms with Crippen LogP contribution in [-0.4, -0.2) is 50.4 Å². The van der Waals surface area contributed by atoms with Gasteiger partial charge in [-0.3, -0.25) is 9.59 Å². The number of hydrogen-bond donors (Lipinski definition) is 1. The Morgan fingerprint density at radius 3 is 2.61 bits per heavy atom. The van der Waals surface area contributed by atoms with Gasteiger partial charge in [0.2, 0.25) is 5.78 Å². The smallest absolute Gasteiger partial charge is 0.265 e. The number of carboxylic acids is 1. The lowest BCUT2D eigenvalue weighted by atomic mass is 10.1. The molecule has 23 heavy (non-hydrogen) atoms. The molecule has 0 saturated carbocycles. The van der Waals surface area contributed by atoms with Crippen molar-refractivity contribution in [2.45, 2.75) is 13.8 Å². The average Bonchev–Trinajstić information content (AvgIpc) is 2.54. The molecule has 124 valence electrons. The van der Waals surface area contributed by atoms with Crippen LogP contribution in [0.5, 0.6) is 5.75 Å². The zero-order valence-electron chi connectivity index (χ0n) is 13.3. The van der Waals surface area contributed by atoms with Gasteiger partial charge in [-0.1, -0.05) is 0 Å². The summed E-state index contributed by atoms with van der Waals surface area (Å²) in [5.74, 6) is -1.51. The summed E-state index contributed by atoms with van der Waals surface area (Å²) in [7, 11) is 0. The number of rotatable bonds is 7. The molecule has 1 N–H and O–H groups in total. The van der Waals surface area contributed by atoms with E-state index in [4.69, 9.17) is 4.74 Å². The predicted molar refractivity (Wildman–Crippen MR) is 80.5 cm³/mol. The molecule has 7 heteroatoms. The average molecular weight is 320 g/mol. The van der Waals surface area contributed by atoms with Gasteiger partial charge in [-0.2, -0.15) is 0 Å². The summed E-state index contributed by atoms with van der Waals surface area (Å²) in [6.45, 7) is 5.25. The molecule has 0 fully saturated rings. The second kappa shape index (κ2) is 7.23. The Kier molecular flexibility index (Phi) is 5.33. The summed E-state index contributed by atoms with van der Waals surface area (Å²) in [5, 5.41) is 10.8. The summed E-state index contributed by atoms with van der Waals surface area (Å²) in [6, 6.07) is 4.74. The first-order valence-corrected chi connectivity index (χ1v) is 7.60. The quantitative estimate of drug-likeness (QED) is 0.603. The molecule has 2 rings (SSSR count). The molecular weight excluding hydrogens is 300 g/mol. The Morgan fingerprint density at radius 1 is 1.30 bits per heavy atom. The van der Waals surface area contributed by atoms with Crippen molar-refractivity contribution >= 4 is 23.3 Å². The topological polar surface area (TPSA) is 91.2 Å². The van der Waals surface area contributed by atoms with E-state index in [9.17, 15) is 19.5 Å². The van der Waals surface area contributed by atoms with Crippen LogP contribution in [0.1, 0.15) is 24.2 Å². The SMILES string of the molecule is CC[NH+](CC)CC(=O)c1ccc2c(c1)N(CC(=O)[O-])C(=O)CO2. The van der Waals surface area contributed by atoms with Crippen LogP contribution in [0.3, 0.4) is 0 Å². The molecule has 0 atom stereocenters. The summed E-state index contributed by atoms with van der Waals surface area (Å²) in [5.41, 5.74) is 0.732. The first-order chi connectivity index (χ1) is 11.0. The highest BCUT2D eigenvalue weighted by atomic mass is 16.5. The first kappa shape index (κ1) is 17.0. The van der Waals surface area contributed by atoms with Crippen LogP contribution in [0.25, 0.3) is 0 Å². The monoisotopic (exact) mass is 320 g/mol. The third-order valence-electron chi connectivity index (χ3n) is 3.92. The number of carbonyl (C=O) groups excluding carboxylic acids is 3. The Balaban J connectivity index is 2.29. The minimum Gasteiger partial charge on any atom is -0.548 e. The Labute approximate surface area is 134 Å². The zero-order chi connectivity index (χ0) is 17.0. The van der Waals surface area contributed by atoms with Crippen molar-refractivity contribution in [2.75, 3.05) is 37.7 Å².